The second-order valence-electron chi connectivity index (χ2n) is 8.46. The fourth-order valence-electron chi connectivity index (χ4n) is 3.41. The quantitative estimate of drug-likeness (QED) is 0.688. The summed E-state index contributed by atoms with van der Waals surface area (Å²) in [4.78, 5) is 26.6. The molecule has 1 saturated heterocycles. The molecular weight excluding hydrogens is 426 g/mol. The molecule has 2 aromatic carbocycles. The Labute approximate surface area is 191 Å². The highest BCUT2D eigenvalue weighted by Gasteiger charge is 2.36. The zero-order chi connectivity index (χ0) is 23.3. The van der Waals surface area contributed by atoms with Crippen LogP contribution in [0.1, 0.15) is 32.4 Å². The third-order valence-electron chi connectivity index (χ3n) is 4.90. The minimum Gasteiger partial charge on any atom is -0.444 e. The van der Waals surface area contributed by atoms with Crippen molar-refractivity contribution in [2.75, 3.05) is 25.0 Å². The van der Waals surface area contributed by atoms with Gasteiger partial charge < -0.3 is 10.1 Å². The number of rotatable bonds is 5. The van der Waals surface area contributed by atoms with Gasteiger partial charge in [0.15, 0.2) is 0 Å². The highest BCUT2D eigenvalue weighted by Crippen LogP contribution is 2.29. The summed E-state index contributed by atoms with van der Waals surface area (Å²) in [5.41, 5.74) is 0.969. The van der Waals surface area contributed by atoms with Crippen LogP contribution in [0.2, 0.25) is 0 Å². The van der Waals surface area contributed by atoms with Gasteiger partial charge in [-0.25, -0.2) is 13.3 Å². The first-order chi connectivity index (χ1) is 15.2. The summed E-state index contributed by atoms with van der Waals surface area (Å²) in [5.74, 6) is -0.303. The molecule has 2 amide bonds. The highest BCUT2D eigenvalue weighted by molar-refractivity contribution is 7.82. The Morgan fingerprint density at radius 3 is 2.34 bits per heavy atom. The predicted octanol–water partition coefficient (Wildman–Crippen LogP) is 4.13. The maximum absolute atomic E-state index is 13.3. The Balaban J connectivity index is 1.78. The number of benzene rings is 2. The van der Waals surface area contributed by atoms with Crippen molar-refractivity contribution >= 4 is 28.7 Å². The van der Waals surface area contributed by atoms with Crippen molar-refractivity contribution in [2.24, 2.45) is 0 Å². The monoisotopic (exact) mass is 455 g/mol. The number of hydrogen-bond acceptors (Lipinski definition) is 4. The maximum atomic E-state index is 13.3. The van der Waals surface area contributed by atoms with Crippen molar-refractivity contribution in [3.8, 4) is 0 Å². The number of carbonyl (C=O) groups excluding carboxylic acids is 2. The summed E-state index contributed by atoms with van der Waals surface area (Å²) in [6.07, 6.45) is 0.819. The third kappa shape index (κ3) is 6.05. The van der Waals surface area contributed by atoms with Gasteiger partial charge in [-0.2, -0.15) is 0 Å². The van der Waals surface area contributed by atoms with E-state index in [9.17, 15) is 13.8 Å². The van der Waals surface area contributed by atoms with Crippen LogP contribution in [0.3, 0.4) is 0 Å². The molecule has 32 heavy (non-hydrogen) atoms. The molecule has 1 heterocycles. The molecular formula is C24H29N3O4S. The predicted molar refractivity (Wildman–Crippen MR) is 125 cm³/mol. The molecule has 0 aromatic heterocycles. The van der Waals surface area contributed by atoms with Gasteiger partial charge in [0.25, 0.3) is 0 Å². The zero-order valence-electron chi connectivity index (χ0n) is 18.6. The van der Waals surface area contributed by atoms with Crippen LogP contribution in [0.4, 0.5) is 10.5 Å². The van der Waals surface area contributed by atoms with Gasteiger partial charge in [0, 0.05) is 25.3 Å². The van der Waals surface area contributed by atoms with E-state index in [2.05, 4.69) is 11.9 Å². The van der Waals surface area contributed by atoms with Crippen LogP contribution < -0.4 is 5.32 Å². The summed E-state index contributed by atoms with van der Waals surface area (Å²) < 4.78 is 20.7. The molecule has 3 rings (SSSR count). The molecule has 0 spiro atoms. The van der Waals surface area contributed by atoms with Crippen molar-refractivity contribution < 1.29 is 18.5 Å². The van der Waals surface area contributed by atoms with Crippen LogP contribution in [0.5, 0.6) is 0 Å². The van der Waals surface area contributed by atoms with Crippen LogP contribution >= 0.6 is 0 Å². The smallest absolute Gasteiger partial charge is 0.410 e. The Morgan fingerprint density at radius 1 is 1.09 bits per heavy atom. The molecule has 1 aliphatic heterocycles. The molecule has 0 aliphatic carbocycles. The lowest BCUT2D eigenvalue weighted by Gasteiger charge is -2.41. The van der Waals surface area contributed by atoms with E-state index >= 15 is 0 Å². The van der Waals surface area contributed by atoms with Gasteiger partial charge in [-0.05, 0) is 56.7 Å². The molecule has 2 unspecified atom stereocenters. The molecule has 1 aliphatic rings. The Kier molecular flexibility index (Phi) is 7.48. The molecule has 2 atom stereocenters. The highest BCUT2D eigenvalue weighted by atomic mass is 32.2. The number of hydrogen-bond donors (Lipinski definition) is 1. The first-order valence-corrected chi connectivity index (χ1v) is 11.5. The Bertz CT molecular complexity index is 987. The van der Waals surface area contributed by atoms with Crippen LogP contribution in [0.15, 0.2) is 72.1 Å². The first-order valence-electron chi connectivity index (χ1n) is 10.4. The molecule has 0 radical (unpaired) electrons. The molecule has 2 aromatic rings. The zero-order valence-corrected chi connectivity index (χ0v) is 19.4. The van der Waals surface area contributed by atoms with Crippen molar-refractivity contribution in [3.05, 3.63) is 72.8 Å². The number of piperazine rings is 1. The van der Waals surface area contributed by atoms with Crippen molar-refractivity contribution in [1.29, 1.82) is 0 Å². The summed E-state index contributed by atoms with van der Waals surface area (Å²) in [7, 11) is -1.41. The molecule has 7 nitrogen and oxygen atoms in total. The molecule has 0 bridgehead atoms. The van der Waals surface area contributed by atoms with Crippen LogP contribution in [-0.2, 0) is 20.5 Å². The van der Waals surface area contributed by atoms with E-state index < -0.39 is 16.6 Å². The van der Waals surface area contributed by atoms with Gasteiger partial charge in [-0.1, -0.05) is 36.9 Å². The molecule has 0 saturated carbocycles. The lowest BCUT2D eigenvalue weighted by atomic mass is 10.0. The van der Waals surface area contributed by atoms with Gasteiger partial charge in [0.05, 0.1) is 10.9 Å². The van der Waals surface area contributed by atoms with E-state index in [0.717, 1.165) is 5.56 Å². The fourth-order valence-corrected chi connectivity index (χ4v) is 4.60. The second kappa shape index (κ2) is 10.1. The standard InChI is InChI=1S/C24H29N3O4S/c1-5-22(28)25-19-11-13-20(14-12-19)32(30)26-15-16-27(23(29)31-24(2,3)4)21(17-26)18-9-7-6-8-10-18/h5-14,21H,1,15-17H2,2-4H3,(H,25,28). The first kappa shape index (κ1) is 23.7. The summed E-state index contributed by atoms with van der Waals surface area (Å²) in [6, 6.07) is 16.3. The third-order valence-corrected chi connectivity index (χ3v) is 6.37. The van der Waals surface area contributed by atoms with E-state index in [1.165, 1.54) is 6.08 Å². The van der Waals surface area contributed by atoms with E-state index in [1.54, 1.807) is 29.2 Å². The normalized spacial score (nSPS) is 18.0. The SMILES string of the molecule is C=CC(=O)Nc1ccc(S(=O)N2CCN(C(=O)OC(C)(C)C)C(c3ccccc3)C2)cc1. The topological polar surface area (TPSA) is 79.0 Å². The average Bonchev–Trinajstić information content (AvgIpc) is 2.78. The summed E-state index contributed by atoms with van der Waals surface area (Å²) in [6.45, 7) is 10.2. The molecule has 8 heteroatoms. The van der Waals surface area contributed by atoms with E-state index in [4.69, 9.17) is 4.74 Å². The number of nitrogens with one attached hydrogen (secondary N) is 1. The van der Waals surface area contributed by atoms with E-state index in [1.807, 2.05) is 55.4 Å². The van der Waals surface area contributed by atoms with Crippen LogP contribution in [-0.4, -0.2) is 50.6 Å². The van der Waals surface area contributed by atoms with E-state index in [0.29, 0.717) is 30.2 Å². The van der Waals surface area contributed by atoms with Crippen molar-refractivity contribution in [3.63, 3.8) is 0 Å². The second-order valence-corrected chi connectivity index (χ2v) is 9.94. The number of anilines is 1. The maximum Gasteiger partial charge on any atom is 0.410 e. The fraction of sp³-hybridized carbons (Fsp3) is 0.333. The minimum absolute atomic E-state index is 0.282. The van der Waals surface area contributed by atoms with Crippen LogP contribution in [0.25, 0.3) is 0 Å². The van der Waals surface area contributed by atoms with Crippen LogP contribution in [0, 0.1) is 0 Å². The van der Waals surface area contributed by atoms with Gasteiger partial charge in [-0.3, -0.25) is 9.69 Å². The Morgan fingerprint density at radius 2 is 1.75 bits per heavy atom. The lowest BCUT2D eigenvalue weighted by Crippen LogP contribution is -2.52. The largest absolute Gasteiger partial charge is 0.444 e. The van der Waals surface area contributed by atoms with Gasteiger partial charge in [0.1, 0.15) is 16.6 Å². The number of nitrogens with zero attached hydrogens (tertiary/aromatic N) is 2. The van der Waals surface area contributed by atoms with E-state index in [-0.39, 0.29) is 18.0 Å². The van der Waals surface area contributed by atoms with Crippen molar-refractivity contribution in [2.45, 2.75) is 37.3 Å². The average molecular weight is 456 g/mol. The summed E-state index contributed by atoms with van der Waals surface area (Å²) in [5, 5.41) is 2.68. The molecule has 1 N–H and O–H groups in total. The van der Waals surface area contributed by atoms with Crippen molar-refractivity contribution in [1.82, 2.24) is 9.21 Å². The minimum atomic E-state index is -1.41. The van der Waals surface area contributed by atoms with Gasteiger partial charge >= 0.3 is 6.09 Å². The Hall–Kier alpha value is -2.97. The lowest BCUT2D eigenvalue weighted by molar-refractivity contribution is -0.111. The number of ether oxygens (including phenoxy) is 1. The summed E-state index contributed by atoms with van der Waals surface area (Å²) >= 11 is 0. The molecule has 170 valence electrons. The number of carbonyl (C=O) groups is 2. The number of amides is 2. The van der Waals surface area contributed by atoms with Gasteiger partial charge in [-0.15, -0.1) is 0 Å². The molecule has 1 fully saturated rings. The van der Waals surface area contributed by atoms with Gasteiger partial charge in [0.2, 0.25) is 5.91 Å².